The lowest BCUT2D eigenvalue weighted by Crippen LogP contribution is -2.47. The Morgan fingerprint density at radius 3 is 2.57 bits per heavy atom. The molecule has 7 heteroatoms. The third-order valence-corrected chi connectivity index (χ3v) is 3.97. The number of hydrogen-bond donors (Lipinski definition) is 2. The highest BCUT2D eigenvalue weighted by atomic mass is 16.5. The van der Waals surface area contributed by atoms with Crippen LogP contribution in [0.1, 0.15) is 23.6 Å². The lowest BCUT2D eigenvalue weighted by Gasteiger charge is -2.16. The topological polar surface area (TPSA) is 89.0 Å². The van der Waals surface area contributed by atoms with E-state index in [1.54, 1.807) is 14.0 Å². The van der Waals surface area contributed by atoms with E-state index >= 15 is 0 Å². The van der Waals surface area contributed by atoms with E-state index in [4.69, 9.17) is 9.47 Å². The number of amides is 2. The van der Waals surface area contributed by atoms with Crippen molar-refractivity contribution in [1.29, 1.82) is 0 Å². The number of alkyl carbamates (subject to hydrolysis) is 1. The Bertz CT molecular complexity index is 822. The Morgan fingerprint density at radius 2 is 1.93 bits per heavy atom. The highest BCUT2D eigenvalue weighted by Crippen LogP contribution is 2.17. The number of ether oxygens (including phenoxy) is 2. The van der Waals surface area contributed by atoms with Crippen molar-refractivity contribution in [3.05, 3.63) is 65.2 Å². The van der Waals surface area contributed by atoms with E-state index in [2.05, 4.69) is 15.8 Å². The molecule has 0 aliphatic carbocycles. The molecule has 2 amide bonds. The Labute approximate surface area is 164 Å². The van der Waals surface area contributed by atoms with E-state index in [-0.39, 0.29) is 6.61 Å². The average Bonchev–Trinajstić information content (AvgIpc) is 2.68. The molecule has 2 rings (SSSR count). The number of carbonyl (C=O) groups excluding carboxylic acids is 2. The molecule has 7 nitrogen and oxygen atoms in total. The molecular formula is C21H25N3O4. The van der Waals surface area contributed by atoms with Gasteiger partial charge in [-0.25, -0.2) is 10.2 Å². The molecule has 0 saturated carbocycles. The highest BCUT2D eigenvalue weighted by molar-refractivity contribution is 5.87. The zero-order valence-electron chi connectivity index (χ0n) is 16.3. The van der Waals surface area contributed by atoms with Crippen LogP contribution < -0.4 is 15.5 Å². The number of hydrazone groups is 1. The Hall–Kier alpha value is -3.35. The van der Waals surface area contributed by atoms with Gasteiger partial charge in [-0.05, 0) is 48.7 Å². The largest absolute Gasteiger partial charge is 0.496 e. The second-order valence-electron chi connectivity index (χ2n) is 6.07. The average molecular weight is 383 g/mol. The standard InChI is InChI=1S/C21H25N3O4/c1-4-28-21(26)23-18(13-16-8-6-5-7-9-16)20(25)24-22-14-17-10-11-19(27-3)15(2)12-17/h5-12,14,18H,4,13H2,1-3H3,(H,23,26)(H,24,25)/b22-14-/t18-/m0/s1. The van der Waals surface area contributed by atoms with Crippen LogP contribution in [0.5, 0.6) is 5.75 Å². The van der Waals surface area contributed by atoms with Crippen molar-refractivity contribution in [1.82, 2.24) is 10.7 Å². The molecule has 0 aliphatic heterocycles. The van der Waals surface area contributed by atoms with Crippen molar-refractivity contribution >= 4 is 18.2 Å². The third-order valence-electron chi connectivity index (χ3n) is 3.97. The fourth-order valence-corrected chi connectivity index (χ4v) is 2.60. The number of nitrogens with one attached hydrogen (secondary N) is 2. The second kappa shape index (κ2) is 10.7. The maximum Gasteiger partial charge on any atom is 0.407 e. The SMILES string of the molecule is CCOC(=O)N[C@@H](Cc1ccccc1)C(=O)N/N=C\c1ccc(OC)c(C)c1. The maximum atomic E-state index is 12.5. The van der Waals surface area contributed by atoms with Gasteiger partial charge in [0.1, 0.15) is 11.8 Å². The Balaban J connectivity index is 2.04. The summed E-state index contributed by atoms with van der Waals surface area (Å²) in [5.74, 6) is 0.348. The van der Waals surface area contributed by atoms with Gasteiger partial charge in [-0.2, -0.15) is 5.10 Å². The smallest absolute Gasteiger partial charge is 0.407 e. The van der Waals surface area contributed by atoms with Crippen LogP contribution in [0.25, 0.3) is 0 Å². The van der Waals surface area contributed by atoms with Gasteiger partial charge in [-0.1, -0.05) is 30.3 Å². The number of rotatable bonds is 8. The van der Waals surface area contributed by atoms with Gasteiger partial charge in [-0.3, -0.25) is 4.79 Å². The molecule has 0 fully saturated rings. The third kappa shape index (κ3) is 6.42. The van der Waals surface area contributed by atoms with Crippen LogP contribution in [0, 0.1) is 6.92 Å². The van der Waals surface area contributed by atoms with Crippen molar-refractivity contribution in [2.24, 2.45) is 5.10 Å². The summed E-state index contributed by atoms with van der Waals surface area (Å²) in [5.41, 5.74) is 5.17. The summed E-state index contributed by atoms with van der Waals surface area (Å²) in [5, 5.41) is 6.57. The first-order chi connectivity index (χ1) is 13.5. The minimum atomic E-state index is -0.809. The van der Waals surface area contributed by atoms with Gasteiger partial charge >= 0.3 is 6.09 Å². The summed E-state index contributed by atoms with van der Waals surface area (Å²) < 4.78 is 10.1. The van der Waals surface area contributed by atoms with Gasteiger partial charge in [0, 0.05) is 6.42 Å². The van der Waals surface area contributed by atoms with Crippen LogP contribution in [0.2, 0.25) is 0 Å². The summed E-state index contributed by atoms with van der Waals surface area (Å²) in [6.07, 6.45) is 1.21. The first kappa shape index (κ1) is 21.0. The molecule has 0 aromatic heterocycles. The van der Waals surface area contributed by atoms with Crippen molar-refractivity contribution in [2.75, 3.05) is 13.7 Å². The number of hydrogen-bond acceptors (Lipinski definition) is 5. The van der Waals surface area contributed by atoms with Crippen LogP contribution in [0.4, 0.5) is 4.79 Å². The van der Waals surface area contributed by atoms with Crippen LogP contribution in [0.15, 0.2) is 53.6 Å². The molecule has 0 saturated heterocycles. The van der Waals surface area contributed by atoms with Crippen LogP contribution >= 0.6 is 0 Å². The molecule has 0 bridgehead atoms. The summed E-state index contributed by atoms with van der Waals surface area (Å²) in [6.45, 7) is 3.85. The lowest BCUT2D eigenvalue weighted by atomic mass is 10.1. The minimum Gasteiger partial charge on any atom is -0.496 e. The lowest BCUT2D eigenvalue weighted by molar-refractivity contribution is -0.123. The summed E-state index contributed by atoms with van der Waals surface area (Å²) in [6, 6.07) is 14.2. The molecule has 2 aromatic carbocycles. The van der Waals surface area contributed by atoms with E-state index in [1.165, 1.54) is 6.21 Å². The first-order valence-electron chi connectivity index (χ1n) is 8.98. The number of methoxy groups -OCH3 is 1. The molecule has 0 unspecified atom stereocenters. The summed E-state index contributed by atoms with van der Waals surface area (Å²) >= 11 is 0. The van der Waals surface area contributed by atoms with E-state index in [0.29, 0.717) is 6.42 Å². The molecule has 2 N–H and O–H groups in total. The maximum absolute atomic E-state index is 12.5. The molecule has 28 heavy (non-hydrogen) atoms. The van der Waals surface area contributed by atoms with Crippen LogP contribution in [-0.2, 0) is 16.0 Å². The fraction of sp³-hybridized carbons (Fsp3) is 0.286. The molecule has 2 aromatic rings. The van der Waals surface area contributed by atoms with Crippen molar-refractivity contribution in [3.63, 3.8) is 0 Å². The molecule has 0 spiro atoms. The van der Waals surface area contributed by atoms with Crippen molar-refractivity contribution in [3.8, 4) is 5.75 Å². The van der Waals surface area contributed by atoms with Gasteiger partial charge in [0.2, 0.25) is 0 Å². The van der Waals surface area contributed by atoms with E-state index in [0.717, 1.165) is 22.4 Å². The molecule has 148 valence electrons. The second-order valence-corrected chi connectivity index (χ2v) is 6.07. The monoisotopic (exact) mass is 383 g/mol. The Morgan fingerprint density at radius 1 is 1.18 bits per heavy atom. The predicted octanol–water partition coefficient (Wildman–Crippen LogP) is 2.81. The summed E-state index contributed by atoms with van der Waals surface area (Å²) in [7, 11) is 1.61. The molecule has 0 radical (unpaired) electrons. The minimum absolute atomic E-state index is 0.223. The Kier molecular flexibility index (Phi) is 8.02. The van der Waals surface area contributed by atoms with Gasteiger partial charge < -0.3 is 14.8 Å². The van der Waals surface area contributed by atoms with E-state index in [9.17, 15) is 9.59 Å². The van der Waals surface area contributed by atoms with Crippen LogP contribution in [-0.4, -0.2) is 38.0 Å². The molecular weight excluding hydrogens is 358 g/mol. The first-order valence-corrected chi connectivity index (χ1v) is 8.98. The van der Waals surface area contributed by atoms with Gasteiger partial charge in [-0.15, -0.1) is 0 Å². The van der Waals surface area contributed by atoms with Gasteiger partial charge in [0.15, 0.2) is 0 Å². The quantitative estimate of drug-likeness (QED) is 0.542. The van der Waals surface area contributed by atoms with Gasteiger partial charge in [0.25, 0.3) is 5.91 Å². The zero-order valence-corrected chi connectivity index (χ0v) is 16.3. The number of aryl methyl sites for hydroxylation is 1. The molecule has 0 heterocycles. The molecule has 0 aliphatic rings. The fourth-order valence-electron chi connectivity index (χ4n) is 2.60. The molecule has 1 atom stereocenters. The van der Waals surface area contributed by atoms with Crippen molar-refractivity contribution in [2.45, 2.75) is 26.3 Å². The number of carbonyl (C=O) groups is 2. The predicted molar refractivity (Wildman–Crippen MR) is 108 cm³/mol. The van der Waals surface area contributed by atoms with Crippen LogP contribution in [0.3, 0.4) is 0 Å². The van der Waals surface area contributed by atoms with E-state index < -0.39 is 18.0 Å². The normalized spacial score (nSPS) is 11.7. The van der Waals surface area contributed by atoms with Crippen molar-refractivity contribution < 1.29 is 19.1 Å². The zero-order chi connectivity index (χ0) is 20.4. The number of nitrogens with zero attached hydrogens (tertiary/aromatic N) is 1. The van der Waals surface area contributed by atoms with Gasteiger partial charge in [0.05, 0.1) is 19.9 Å². The highest BCUT2D eigenvalue weighted by Gasteiger charge is 2.21. The number of benzene rings is 2. The van der Waals surface area contributed by atoms with E-state index in [1.807, 2.05) is 55.5 Å². The summed E-state index contributed by atoms with van der Waals surface area (Å²) in [4.78, 5) is 24.3.